The largest absolute Gasteiger partial charge is 0.507 e. The van der Waals surface area contributed by atoms with Gasteiger partial charge in [0.05, 0.1) is 16.7 Å². The van der Waals surface area contributed by atoms with Crippen molar-refractivity contribution in [2.45, 2.75) is 6.92 Å². The first-order valence-electron chi connectivity index (χ1n) is 5.87. The number of hydrogen-bond acceptors (Lipinski definition) is 4. The molecule has 0 aliphatic heterocycles. The second kappa shape index (κ2) is 4.18. The molecule has 1 aliphatic rings. The Kier molecular flexibility index (Phi) is 2.69. The Bertz CT molecular complexity index is 793. The average Bonchev–Trinajstić information content (AvgIpc) is 2.40. The maximum atomic E-state index is 12.5. The molecule has 0 atom stereocenters. The summed E-state index contributed by atoms with van der Waals surface area (Å²) >= 11 is 3.29. The van der Waals surface area contributed by atoms with E-state index < -0.39 is 11.6 Å². The number of rotatable bonds is 0. The zero-order chi connectivity index (χ0) is 14.6. The highest BCUT2D eigenvalue weighted by molar-refractivity contribution is 9.10. The fourth-order valence-electron chi connectivity index (χ4n) is 2.45. The standard InChI is InChI=1S/C15H9BrO4/c1-6-5-9(18)11-12(13(6)16)14(19)7-3-2-4-8(17)10(7)15(11)20/h2-5,17-18H,1H3. The quantitative estimate of drug-likeness (QED) is 0.663. The molecule has 2 N–H and O–H groups in total. The van der Waals surface area contributed by atoms with E-state index in [1.807, 2.05) is 0 Å². The van der Waals surface area contributed by atoms with Crippen molar-refractivity contribution in [1.82, 2.24) is 0 Å². The van der Waals surface area contributed by atoms with E-state index in [0.29, 0.717) is 10.0 Å². The molecule has 0 amide bonds. The van der Waals surface area contributed by atoms with Gasteiger partial charge in [-0.2, -0.15) is 0 Å². The van der Waals surface area contributed by atoms with E-state index in [2.05, 4.69) is 15.9 Å². The molecule has 100 valence electrons. The topological polar surface area (TPSA) is 74.6 Å². The molecule has 0 saturated carbocycles. The first-order valence-corrected chi connectivity index (χ1v) is 6.66. The van der Waals surface area contributed by atoms with Gasteiger partial charge in [-0.05, 0) is 40.5 Å². The van der Waals surface area contributed by atoms with Gasteiger partial charge in [0.2, 0.25) is 5.78 Å². The molecule has 0 saturated heterocycles. The van der Waals surface area contributed by atoms with Crippen LogP contribution in [0.1, 0.15) is 37.4 Å². The van der Waals surface area contributed by atoms with Gasteiger partial charge in [-0.25, -0.2) is 0 Å². The van der Waals surface area contributed by atoms with Gasteiger partial charge in [0, 0.05) is 10.0 Å². The number of ketones is 2. The Hall–Kier alpha value is -2.14. The predicted molar refractivity (Wildman–Crippen MR) is 75.5 cm³/mol. The van der Waals surface area contributed by atoms with Gasteiger partial charge < -0.3 is 10.2 Å². The van der Waals surface area contributed by atoms with Crippen LogP contribution in [0.5, 0.6) is 11.5 Å². The maximum Gasteiger partial charge on any atom is 0.202 e. The Morgan fingerprint density at radius 1 is 0.950 bits per heavy atom. The molecule has 2 aromatic carbocycles. The summed E-state index contributed by atoms with van der Waals surface area (Å²) in [5.41, 5.74) is 0.822. The number of aromatic hydroxyl groups is 2. The Labute approximate surface area is 122 Å². The van der Waals surface area contributed by atoms with Crippen LogP contribution in [0.4, 0.5) is 0 Å². The summed E-state index contributed by atoms with van der Waals surface area (Å²) in [5.74, 6) is -1.46. The van der Waals surface area contributed by atoms with Gasteiger partial charge in [-0.15, -0.1) is 0 Å². The average molecular weight is 333 g/mol. The van der Waals surface area contributed by atoms with Crippen LogP contribution in [-0.2, 0) is 0 Å². The molecule has 20 heavy (non-hydrogen) atoms. The molecule has 0 fully saturated rings. The molecule has 0 spiro atoms. The van der Waals surface area contributed by atoms with E-state index in [1.165, 1.54) is 24.3 Å². The molecule has 0 radical (unpaired) electrons. The molecule has 0 bridgehead atoms. The summed E-state index contributed by atoms with van der Waals surface area (Å²) in [6.07, 6.45) is 0. The minimum atomic E-state index is -0.550. The van der Waals surface area contributed by atoms with Crippen LogP contribution in [0.15, 0.2) is 28.7 Å². The minimum absolute atomic E-state index is 0.0592. The Morgan fingerprint density at radius 3 is 2.35 bits per heavy atom. The number of phenols is 2. The molecule has 0 aromatic heterocycles. The monoisotopic (exact) mass is 332 g/mol. The molecule has 2 aromatic rings. The Morgan fingerprint density at radius 2 is 1.65 bits per heavy atom. The molecular formula is C15H9BrO4. The van der Waals surface area contributed by atoms with E-state index in [9.17, 15) is 19.8 Å². The summed E-state index contributed by atoms with van der Waals surface area (Å²) in [5, 5.41) is 19.8. The summed E-state index contributed by atoms with van der Waals surface area (Å²) in [6, 6.07) is 5.76. The van der Waals surface area contributed by atoms with Crippen LogP contribution < -0.4 is 0 Å². The number of phenolic OH excluding ortho intramolecular Hbond substituents is 2. The third kappa shape index (κ3) is 1.53. The van der Waals surface area contributed by atoms with Gasteiger partial charge in [-0.1, -0.05) is 12.1 Å². The summed E-state index contributed by atoms with van der Waals surface area (Å²) < 4.78 is 0.484. The van der Waals surface area contributed by atoms with E-state index in [-0.39, 0.29) is 33.8 Å². The SMILES string of the molecule is Cc1cc(O)c2c(c1Br)C(=O)c1cccc(O)c1C2=O. The number of carbonyl (C=O) groups is 2. The van der Waals surface area contributed by atoms with Gasteiger partial charge >= 0.3 is 0 Å². The van der Waals surface area contributed by atoms with Crippen LogP contribution in [-0.4, -0.2) is 21.8 Å². The maximum absolute atomic E-state index is 12.5. The van der Waals surface area contributed by atoms with Crippen LogP contribution >= 0.6 is 15.9 Å². The normalized spacial score (nSPS) is 13.1. The van der Waals surface area contributed by atoms with Gasteiger partial charge in [0.15, 0.2) is 5.78 Å². The lowest BCUT2D eigenvalue weighted by Crippen LogP contribution is -2.22. The zero-order valence-corrected chi connectivity index (χ0v) is 12.0. The number of halogens is 1. The molecular weight excluding hydrogens is 324 g/mol. The highest BCUT2D eigenvalue weighted by Crippen LogP contribution is 2.40. The lowest BCUT2D eigenvalue weighted by molar-refractivity contribution is 0.0973. The van der Waals surface area contributed by atoms with Crippen molar-refractivity contribution in [2.75, 3.05) is 0 Å². The predicted octanol–water partition coefficient (Wildman–Crippen LogP) is 2.94. The highest BCUT2D eigenvalue weighted by atomic mass is 79.9. The number of aryl methyl sites for hydroxylation is 1. The first kappa shape index (κ1) is 12.9. The number of carbonyl (C=O) groups excluding carboxylic acids is 2. The minimum Gasteiger partial charge on any atom is -0.507 e. The number of fused-ring (bicyclic) bond motifs is 2. The van der Waals surface area contributed by atoms with E-state index in [4.69, 9.17) is 0 Å². The fraction of sp³-hybridized carbons (Fsp3) is 0.0667. The number of hydrogen-bond donors (Lipinski definition) is 2. The number of benzene rings is 2. The third-order valence-corrected chi connectivity index (χ3v) is 4.42. The molecule has 1 aliphatic carbocycles. The molecule has 3 rings (SSSR count). The van der Waals surface area contributed by atoms with Gasteiger partial charge in [-0.3, -0.25) is 9.59 Å². The second-order valence-electron chi connectivity index (χ2n) is 4.63. The lowest BCUT2D eigenvalue weighted by Gasteiger charge is -2.21. The molecule has 0 heterocycles. The van der Waals surface area contributed by atoms with Crippen LogP contribution in [0, 0.1) is 6.92 Å². The fourth-order valence-corrected chi connectivity index (χ4v) is 2.94. The molecule has 0 unspecified atom stereocenters. The van der Waals surface area contributed by atoms with Crippen molar-refractivity contribution in [3.05, 3.63) is 56.6 Å². The smallest absolute Gasteiger partial charge is 0.202 e. The van der Waals surface area contributed by atoms with E-state index >= 15 is 0 Å². The highest BCUT2D eigenvalue weighted by Gasteiger charge is 2.36. The molecule has 4 nitrogen and oxygen atoms in total. The van der Waals surface area contributed by atoms with Crippen LogP contribution in [0.2, 0.25) is 0 Å². The summed E-state index contributed by atoms with van der Waals surface area (Å²) in [7, 11) is 0. The van der Waals surface area contributed by atoms with Gasteiger partial charge in [0.25, 0.3) is 0 Å². The van der Waals surface area contributed by atoms with Crippen LogP contribution in [0.25, 0.3) is 0 Å². The Balaban J connectivity index is 2.44. The van der Waals surface area contributed by atoms with Crippen molar-refractivity contribution in [2.24, 2.45) is 0 Å². The third-order valence-electron chi connectivity index (χ3n) is 3.39. The van der Waals surface area contributed by atoms with Crippen molar-refractivity contribution >= 4 is 27.5 Å². The van der Waals surface area contributed by atoms with Crippen molar-refractivity contribution in [3.8, 4) is 11.5 Å². The van der Waals surface area contributed by atoms with Crippen molar-refractivity contribution in [1.29, 1.82) is 0 Å². The second-order valence-corrected chi connectivity index (χ2v) is 5.43. The van der Waals surface area contributed by atoms with Crippen molar-refractivity contribution in [3.63, 3.8) is 0 Å². The first-order chi connectivity index (χ1) is 9.43. The summed E-state index contributed by atoms with van der Waals surface area (Å²) in [4.78, 5) is 25.0. The van der Waals surface area contributed by atoms with Crippen LogP contribution in [0.3, 0.4) is 0 Å². The lowest BCUT2D eigenvalue weighted by atomic mass is 9.82. The van der Waals surface area contributed by atoms with E-state index in [1.54, 1.807) is 6.92 Å². The van der Waals surface area contributed by atoms with E-state index in [0.717, 1.165) is 0 Å². The summed E-state index contributed by atoms with van der Waals surface area (Å²) in [6.45, 7) is 1.72. The van der Waals surface area contributed by atoms with Crippen molar-refractivity contribution < 1.29 is 19.8 Å². The van der Waals surface area contributed by atoms with Gasteiger partial charge in [0.1, 0.15) is 11.5 Å². The zero-order valence-electron chi connectivity index (χ0n) is 10.4. The molecule has 5 heteroatoms.